The maximum atomic E-state index is 6.46. The molecule has 0 spiro atoms. The normalized spacial score (nSPS) is 18.5. The maximum Gasteiger partial charge on any atom is 0.143 e. The van der Waals surface area contributed by atoms with E-state index in [1.54, 1.807) is 0 Å². The van der Waals surface area contributed by atoms with Crippen molar-refractivity contribution in [1.82, 2.24) is 9.88 Å². The molecule has 1 N–H and O–H groups in total. The number of hydrogen-bond donors (Lipinski definition) is 1. The Balaban J connectivity index is 0.983. The van der Waals surface area contributed by atoms with Gasteiger partial charge in [-0.05, 0) is 108 Å². The summed E-state index contributed by atoms with van der Waals surface area (Å²) in [6.07, 6.45) is 19.8. The third kappa shape index (κ3) is 5.66. The third-order valence-electron chi connectivity index (χ3n) is 12.2. The van der Waals surface area contributed by atoms with E-state index in [2.05, 4.69) is 180 Å². The number of furan rings is 1. The highest BCUT2D eigenvalue weighted by molar-refractivity contribution is 6.11. The molecule has 3 heteroatoms. The molecule has 2 aliphatic carbocycles. The zero-order valence-corrected chi connectivity index (χ0v) is 31.3. The second kappa shape index (κ2) is 13.6. The lowest BCUT2D eigenvalue weighted by Crippen LogP contribution is -2.25. The Labute approximate surface area is 327 Å². The third-order valence-corrected chi connectivity index (χ3v) is 12.2. The van der Waals surface area contributed by atoms with E-state index in [0.717, 1.165) is 64.4 Å². The molecule has 2 atom stereocenters. The second-order valence-electron chi connectivity index (χ2n) is 15.5. The number of nitrogens with one attached hydrogen (secondary N) is 1. The molecule has 3 heterocycles. The van der Waals surface area contributed by atoms with Gasteiger partial charge < -0.3 is 14.3 Å². The fourth-order valence-corrected chi connectivity index (χ4v) is 9.40. The van der Waals surface area contributed by atoms with Gasteiger partial charge in [-0.15, -0.1) is 0 Å². The lowest BCUT2D eigenvalue weighted by molar-refractivity contribution is 0.633. The number of rotatable bonds is 6. The van der Waals surface area contributed by atoms with Gasteiger partial charge in [0.25, 0.3) is 0 Å². The molecule has 8 aromatic rings. The van der Waals surface area contributed by atoms with Crippen LogP contribution in [0, 0.1) is 0 Å². The molecule has 3 aliphatic rings. The van der Waals surface area contributed by atoms with Gasteiger partial charge in [-0.25, -0.2) is 0 Å². The molecule has 0 fully saturated rings. The number of dihydropyridines is 1. The highest BCUT2D eigenvalue weighted by Gasteiger charge is 2.24. The maximum absolute atomic E-state index is 6.46. The van der Waals surface area contributed by atoms with Crippen LogP contribution in [0.15, 0.2) is 203 Å². The summed E-state index contributed by atoms with van der Waals surface area (Å²) >= 11 is 0. The first-order chi connectivity index (χ1) is 27.7. The van der Waals surface area contributed by atoms with Gasteiger partial charge in [0.15, 0.2) is 0 Å². The fraction of sp³-hybridized carbons (Fsp3) is 0.132. The smallest absolute Gasteiger partial charge is 0.143 e. The van der Waals surface area contributed by atoms with Crippen LogP contribution in [0.4, 0.5) is 0 Å². The van der Waals surface area contributed by atoms with Gasteiger partial charge >= 0.3 is 0 Å². The van der Waals surface area contributed by atoms with Crippen LogP contribution in [0.3, 0.4) is 0 Å². The number of benzene rings is 6. The Morgan fingerprint density at radius 3 is 2.36 bits per heavy atom. The van der Waals surface area contributed by atoms with Crippen molar-refractivity contribution in [2.24, 2.45) is 0 Å². The molecule has 0 saturated carbocycles. The highest BCUT2D eigenvalue weighted by atomic mass is 16.3. The van der Waals surface area contributed by atoms with E-state index in [4.69, 9.17) is 4.42 Å². The van der Waals surface area contributed by atoms with Crippen molar-refractivity contribution in [1.29, 1.82) is 0 Å². The van der Waals surface area contributed by atoms with Crippen molar-refractivity contribution in [2.45, 2.75) is 44.1 Å². The van der Waals surface area contributed by atoms with E-state index in [-0.39, 0.29) is 6.04 Å². The minimum atomic E-state index is 0.145. The van der Waals surface area contributed by atoms with Gasteiger partial charge in [-0.3, -0.25) is 0 Å². The predicted octanol–water partition coefficient (Wildman–Crippen LogP) is 14.0. The first-order valence-electron chi connectivity index (χ1n) is 20.1. The molecule has 0 radical (unpaired) electrons. The van der Waals surface area contributed by atoms with Crippen LogP contribution in [-0.2, 0) is 0 Å². The molecule has 2 aromatic heterocycles. The number of hydrogen-bond acceptors (Lipinski definition) is 2. The number of allylic oxidation sites excluding steroid dienone is 8. The van der Waals surface area contributed by atoms with Crippen molar-refractivity contribution in [3.63, 3.8) is 0 Å². The Morgan fingerprint density at radius 2 is 1.45 bits per heavy atom. The molecule has 270 valence electrons. The van der Waals surface area contributed by atoms with Crippen molar-refractivity contribution < 1.29 is 4.42 Å². The monoisotopic (exact) mass is 722 g/mol. The summed E-state index contributed by atoms with van der Waals surface area (Å²) in [7, 11) is 0. The lowest BCUT2D eigenvalue weighted by Gasteiger charge is -2.30. The van der Waals surface area contributed by atoms with E-state index in [0.29, 0.717) is 5.92 Å². The Hall–Kier alpha value is -6.58. The number of aromatic nitrogens is 1. The first-order valence-corrected chi connectivity index (χ1v) is 20.1. The van der Waals surface area contributed by atoms with Crippen LogP contribution in [0.1, 0.15) is 55.2 Å². The largest absolute Gasteiger partial charge is 0.455 e. The van der Waals surface area contributed by atoms with Gasteiger partial charge in [0, 0.05) is 44.4 Å². The molecule has 0 amide bonds. The molecule has 6 aromatic carbocycles. The Morgan fingerprint density at radius 1 is 0.625 bits per heavy atom. The molecule has 3 nitrogen and oxygen atoms in total. The standard InChI is InChI=1S/C53H42N2O/c1-3-14-35(15-4-1)48-33-41(34-49(54-48)36-16-5-2-6-17-36)38-19-11-18-37(30-38)39-28-29-51-47(32-39)44-22-7-9-26-50(44)55(51)42-21-12-20-40(31-42)43-24-13-25-46-45-23-8-10-27-52(45)56-53(43)46/h1-5,7-10,12-16,20-34,37,48,54H,6,11,17-19H2. The van der Waals surface area contributed by atoms with Gasteiger partial charge in [0.2, 0.25) is 0 Å². The van der Waals surface area contributed by atoms with E-state index >= 15 is 0 Å². The average molecular weight is 723 g/mol. The lowest BCUT2D eigenvalue weighted by atomic mass is 9.81. The molecule has 2 unspecified atom stereocenters. The van der Waals surface area contributed by atoms with Gasteiger partial charge in [0.1, 0.15) is 11.2 Å². The summed E-state index contributed by atoms with van der Waals surface area (Å²) in [5.74, 6) is 0.359. The predicted molar refractivity (Wildman–Crippen MR) is 233 cm³/mol. The summed E-state index contributed by atoms with van der Waals surface area (Å²) in [6, 6.07) is 50.8. The first kappa shape index (κ1) is 32.8. The zero-order valence-electron chi connectivity index (χ0n) is 31.3. The van der Waals surface area contributed by atoms with Crippen LogP contribution in [0.25, 0.3) is 60.6 Å². The minimum Gasteiger partial charge on any atom is -0.455 e. The summed E-state index contributed by atoms with van der Waals surface area (Å²) in [6.45, 7) is 0. The Kier molecular flexibility index (Phi) is 7.98. The number of nitrogens with zero attached hydrogens (tertiary/aromatic N) is 1. The molecule has 11 rings (SSSR count). The summed E-state index contributed by atoms with van der Waals surface area (Å²) in [4.78, 5) is 0. The minimum absolute atomic E-state index is 0.145. The van der Waals surface area contributed by atoms with Gasteiger partial charge in [-0.2, -0.15) is 0 Å². The van der Waals surface area contributed by atoms with Crippen LogP contribution >= 0.6 is 0 Å². The van der Waals surface area contributed by atoms with Crippen molar-refractivity contribution in [3.05, 3.63) is 210 Å². The number of fused-ring (bicyclic) bond motifs is 6. The molecule has 56 heavy (non-hydrogen) atoms. The van der Waals surface area contributed by atoms with Crippen LogP contribution in [-0.4, -0.2) is 4.57 Å². The van der Waals surface area contributed by atoms with Gasteiger partial charge in [-0.1, -0.05) is 134 Å². The average Bonchev–Trinajstić information content (AvgIpc) is 3.83. The van der Waals surface area contributed by atoms with E-state index in [9.17, 15) is 0 Å². The molecule has 1 aliphatic heterocycles. The van der Waals surface area contributed by atoms with E-state index < -0.39 is 0 Å². The summed E-state index contributed by atoms with van der Waals surface area (Å²) in [5, 5.41) is 8.76. The molecule has 0 bridgehead atoms. The second-order valence-corrected chi connectivity index (χ2v) is 15.5. The summed E-state index contributed by atoms with van der Waals surface area (Å²) < 4.78 is 8.89. The van der Waals surface area contributed by atoms with E-state index in [1.165, 1.54) is 61.8 Å². The quantitative estimate of drug-likeness (QED) is 0.185. The van der Waals surface area contributed by atoms with Crippen LogP contribution in [0.5, 0.6) is 0 Å². The molecular weight excluding hydrogens is 681 g/mol. The van der Waals surface area contributed by atoms with E-state index in [1.807, 2.05) is 6.07 Å². The number of para-hydroxylation sites is 3. The molecule has 0 saturated heterocycles. The Bertz CT molecular complexity index is 2980. The van der Waals surface area contributed by atoms with Crippen LogP contribution < -0.4 is 5.32 Å². The summed E-state index contributed by atoms with van der Waals surface area (Å²) in [5.41, 5.74) is 15.9. The zero-order chi connectivity index (χ0) is 37.0. The molecular formula is C53H42N2O. The highest BCUT2D eigenvalue weighted by Crippen LogP contribution is 2.42. The van der Waals surface area contributed by atoms with Crippen molar-refractivity contribution >= 4 is 43.7 Å². The fourth-order valence-electron chi connectivity index (χ4n) is 9.40. The SMILES string of the molecule is C1=CCCC(C2=CC(C3=CC(c4ccc5c(c4)c4ccccc4n5-c4cccc(-c5cccc6c5oc5ccccc56)c4)CCC3)=CC(c3ccccc3)N2)=C1. The van der Waals surface area contributed by atoms with Crippen molar-refractivity contribution in [3.8, 4) is 16.8 Å². The topological polar surface area (TPSA) is 30.1 Å². The van der Waals surface area contributed by atoms with Crippen LogP contribution in [0.2, 0.25) is 0 Å². The van der Waals surface area contributed by atoms with Gasteiger partial charge in [0.05, 0.1) is 17.1 Å². The van der Waals surface area contributed by atoms with Crippen molar-refractivity contribution in [2.75, 3.05) is 0 Å².